The Morgan fingerprint density at radius 1 is 1.41 bits per heavy atom. The molecule has 5 heteroatoms. The fourth-order valence-electron chi connectivity index (χ4n) is 2.99. The van der Waals surface area contributed by atoms with E-state index in [0.717, 1.165) is 19.3 Å². The maximum Gasteiger partial charge on any atom is 0.260 e. The van der Waals surface area contributed by atoms with E-state index in [1.165, 1.54) is 7.11 Å². The van der Waals surface area contributed by atoms with Crippen molar-refractivity contribution in [2.45, 2.75) is 45.2 Å². The number of methoxy groups -OCH3 is 1. The summed E-state index contributed by atoms with van der Waals surface area (Å²) in [6, 6.07) is 7.54. The molecule has 0 N–H and O–H groups in total. The van der Waals surface area contributed by atoms with Gasteiger partial charge in [-0.2, -0.15) is 5.26 Å². The van der Waals surface area contributed by atoms with Gasteiger partial charge in [0.2, 0.25) is 0 Å². The molecule has 0 aromatic heterocycles. The van der Waals surface area contributed by atoms with Crippen LogP contribution in [0.2, 0.25) is 0 Å². The van der Waals surface area contributed by atoms with Gasteiger partial charge in [0.05, 0.1) is 18.7 Å². The summed E-state index contributed by atoms with van der Waals surface area (Å²) in [5, 5.41) is 8.89. The van der Waals surface area contributed by atoms with Crippen LogP contribution in [0, 0.1) is 11.3 Å². The fraction of sp³-hybridized carbons (Fsp3) is 0.529. The third kappa shape index (κ3) is 3.33. The number of rotatable bonds is 5. The van der Waals surface area contributed by atoms with Gasteiger partial charge in [-0.3, -0.25) is 4.79 Å². The highest BCUT2D eigenvalue weighted by Crippen LogP contribution is 2.29. The van der Waals surface area contributed by atoms with Crippen LogP contribution in [0.15, 0.2) is 18.2 Å². The summed E-state index contributed by atoms with van der Waals surface area (Å²) in [4.78, 5) is 14.4. The van der Waals surface area contributed by atoms with E-state index in [2.05, 4.69) is 13.8 Å². The summed E-state index contributed by atoms with van der Waals surface area (Å²) in [7, 11) is 1.51. The van der Waals surface area contributed by atoms with Gasteiger partial charge < -0.3 is 14.4 Å². The number of nitrogens with zero attached hydrogens (tertiary/aromatic N) is 2. The zero-order chi connectivity index (χ0) is 16.1. The Morgan fingerprint density at radius 3 is 2.82 bits per heavy atom. The lowest BCUT2D eigenvalue weighted by molar-refractivity contribution is -0.136. The van der Waals surface area contributed by atoms with E-state index in [1.807, 2.05) is 11.0 Å². The number of hydrogen-bond acceptors (Lipinski definition) is 4. The SMILES string of the molecule is CC[C@H]1CC[C@@H](C)N1C(=O)COc1ccc(C#N)cc1OC. The topological polar surface area (TPSA) is 62.6 Å². The molecule has 0 radical (unpaired) electrons. The first-order valence-corrected chi connectivity index (χ1v) is 7.62. The molecule has 0 spiro atoms. The molecular weight excluding hydrogens is 280 g/mol. The predicted octanol–water partition coefficient (Wildman–Crippen LogP) is 2.74. The molecule has 2 atom stereocenters. The average molecular weight is 302 g/mol. The van der Waals surface area contributed by atoms with Crippen LogP contribution in [-0.4, -0.2) is 36.6 Å². The highest BCUT2D eigenvalue weighted by molar-refractivity contribution is 5.79. The van der Waals surface area contributed by atoms with Gasteiger partial charge in [-0.15, -0.1) is 0 Å². The van der Waals surface area contributed by atoms with Gasteiger partial charge in [-0.05, 0) is 38.3 Å². The van der Waals surface area contributed by atoms with E-state index >= 15 is 0 Å². The van der Waals surface area contributed by atoms with E-state index in [9.17, 15) is 4.79 Å². The smallest absolute Gasteiger partial charge is 0.260 e. The van der Waals surface area contributed by atoms with Gasteiger partial charge >= 0.3 is 0 Å². The van der Waals surface area contributed by atoms with Gasteiger partial charge in [-0.1, -0.05) is 6.92 Å². The monoisotopic (exact) mass is 302 g/mol. The Hall–Kier alpha value is -2.22. The Labute approximate surface area is 131 Å². The molecule has 0 unspecified atom stereocenters. The molecule has 22 heavy (non-hydrogen) atoms. The maximum absolute atomic E-state index is 12.4. The highest BCUT2D eigenvalue weighted by Gasteiger charge is 2.33. The van der Waals surface area contributed by atoms with E-state index < -0.39 is 0 Å². The summed E-state index contributed by atoms with van der Waals surface area (Å²) in [5.74, 6) is 0.950. The Kier molecular flexibility index (Phi) is 5.26. The van der Waals surface area contributed by atoms with Crippen LogP contribution in [0.4, 0.5) is 0 Å². The minimum atomic E-state index is -0.0108. The number of benzene rings is 1. The molecule has 1 saturated heterocycles. The molecule has 0 aliphatic carbocycles. The molecular formula is C17H22N2O3. The third-order valence-corrected chi connectivity index (χ3v) is 4.19. The number of likely N-dealkylation sites (tertiary alicyclic amines) is 1. The van der Waals surface area contributed by atoms with Gasteiger partial charge in [0.1, 0.15) is 0 Å². The Bertz CT molecular complexity index is 580. The van der Waals surface area contributed by atoms with Gasteiger partial charge in [0.25, 0.3) is 5.91 Å². The lowest BCUT2D eigenvalue weighted by atomic mass is 10.1. The number of carbonyl (C=O) groups excluding carboxylic acids is 1. The molecule has 1 aliphatic rings. The van der Waals surface area contributed by atoms with Crippen LogP contribution in [0.5, 0.6) is 11.5 Å². The van der Waals surface area contributed by atoms with Gasteiger partial charge in [0, 0.05) is 18.2 Å². The summed E-state index contributed by atoms with van der Waals surface area (Å²) in [6.07, 6.45) is 3.07. The zero-order valence-corrected chi connectivity index (χ0v) is 13.3. The van der Waals surface area contributed by atoms with Gasteiger partial charge in [-0.25, -0.2) is 0 Å². The van der Waals surface area contributed by atoms with Crippen molar-refractivity contribution >= 4 is 5.91 Å². The number of amides is 1. The first-order chi connectivity index (χ1) is 10.6. The van der Waals surface area contributed by atoms with Crippen molar-refractivity contribution in [2.75, 3.05) is 13.7 Å². The Morgan fingerprint density at radius 2 is 2.18 bits per heavy atom. The molecule has 5 nitrogen and oxygen atoms in total. The molecule has 118 valence electrons. The van der Waals surface area contributed by atoms with E-state index in [4.69, 9.17) is 14.7 Å². The fourth-order valence-corrected chi connectivity index (χ4v) is 2.99. The van der Waals surface area contributed by atoms with Crippen LogP contribution in [-0.2, 0) is 4.79 Å². The summed E-state index contributed by atoms with van der Waals surface area (Å²) in [6.45, 7) is 4.17. The highest BCUT2D eigenvalue weighted by atomic mass is 16.5. The molecule has 0 saturated carbocycles. The molecule has 1 heterocycles. The van der Waals surface area contributed by atoms with Crippen LogP contribution < -0.4 is 9.47 Å². The van der Waals surface area contributed by atoms with E-state index in [1.54, 1.807) is 18.2 Å². The van der Waals surface area contributed by atoms with Crippen molar-refractivity contribution in [1.82, 2.24) is 4.90 Å². The third-order valence-electron chi connectivity index (χ3n) is 4.19. The van der Waals surface area contributed by atoms with Crippen molar-refractivity contribution < 1.29 is 14.3 Å². The molecule has 2 rings (SSSR count). The van der Waals surface area contributed by atoms with Crippen molar-refractivity contribution in [3.63, 3.8) is 0 Å². The van der Waals surface area contributed by atoms with E-state index in [-0.39, 0.29) is 18.6 Å². The van der Waals surface area contributed by atoms with Crippen molar-refractivity contribution in [2.24, 2.45) is 0 Å². The van der Waals surface area contributed by atoms with Crippen molar-refractivity contribution in [1.29, 1.82) is 5.26 Å². The van der Waals surface area contributed by atoms with Gasteiger partial charge in [0.15, 0.2) is 18.1 Å². The lowest BCUT2D eigenvalue weighted by Crippen LogP contribution is -2.42. The molecule has 1 amide bonds. The second-order valence-electron chi connectivity index (χ2n) is 5.56. The van der Waals surface area contributed by atoms with Crippen molar-refractivity contribution in [3.05, 3.63) is 23.8 Å². The quantitative estimate of drug-likeness (QED) is 0.839. The van der Waals surface area contributed by atoms with Crippen molar-refractivity contribution in [3.8, 4) is 17.6 Å². The molecule has 1 aromatic carbocycles. The van der Waals surface area contributed by atoms with E-state index in [0.29, 0.717) is 23.1 Å². The predicted molar refractivity (Wildman–Crippen MR) is 82.8 cm³/mol. The standard InChI is InChI=1S/C17H22N2O3/c1-4-14-7-5-12(2)19(14)17(20)11-22-15-8-6-13(10-18)9-16(15)21-3/h6,8-9,12,14H,4-5,7,11H2,1-3H3/t12-,14+/m1/s1. The second kappa shape index (κ2) is 7.17. The number of hydrogen-bond donors (Lipinski definition) is 0. The normalized spacial score (nSPS) is 20.5. The largest absolute Gasteiger partial charge is 0.493 e. The minimum absolute atomic E-state index is 0.00302. The Balaban J connectivity index is 2.03. The van der Waals surface area contributed by atoms with Crippen LogP contribution in [0.3, 0.4) is 0 Å². The summed E-state index contributed by atoms with van der Waals surface area (Å²) >= 11 is 0. The average Bonchev–Trinajstić information content (AvgIpc) is 2.93. The molecule has 1 fully saturated rings. The zero-order valence-electron chi connectivity index (χ0n) is 13.3. The number of carbonyl (C=O) groups is 1. The first-order valence-electron chi connectivity index (χ1n) is 7.62. The summed E-state index contributed by atoms with van der Waals surface area (Å²) < 4.78 is 10.8. The second-order valence-corrected chi connectivity index (χ2v) is 5.56. The number of nitriles is 1. The molecule has 1 aliphatic heterocycles. The first kappa shape index (κ1) is 16.2. The number of ether oxygens (including phenoxy) is 2. The van der Waals surface area contributed by atoms with Crippen LogP contribution >= 0.6 is 0 Å². The summed E-state index contributed by atoms with van der Waals surface area (Å²) in [5.41, 5.74) is 0.495. The molecule has 1 aromatic rings. The molecule has 0 bridgehead atoms. The maximum atomic E-state index is 12.4. The lowest BCUT2D eigenvalue weighted by Gasteiger charge is -2.28. The van der Waals surface area contributed by atoms with Crippen LogP contribution in [0.1, 0.15) is 38.7 Å². The van der Waals surface area contributed by atoms with Crippen LogP contribution in [0.25, 0.3) is 0 Å². The minimum Gasteiger partial charge on any atom is -0.493 e.